The number of hydrogen-bond acceptors (Lipinski definition) is 7. The molecule has 0 aliphatic carbocycles. The Bertz CT molecular complexity index is 758. The third kappa shape index (κ3) is 5.47. The number of aliphatic imine (C=N–C) groups is 1. The van der Waals surface area contributed by atoms with E-state index in [-0.39, 0.29) is 36.1 Å². The summed E-state index contributed by atoms with van der Waals surface area (Å²) in [6, 6.07) is 4.47. The number of pyridine rings is 1. The summed E-state index contributed by atoms with van der Waals surface area (Å²) in [4.78, 5) is 28.0. The quantitative estimate of drug-likeness (QED) is 0.609. The van der Waals surface area contributed by atoms with Crippen molar-refractivity contribution in [1.29, 1.82) is 0 Å². The highest BCUT2D eigenvalue weighted by Crippen LogP contribution is 2.20. The number of hydrogen-bond donors (Lipinski definition) is 1. The Labute approximate surface area is 196 Å². The highest BCUT2D eigenvalue weighted by Gasteiger charge is 2.36. The smallest absolute Gasteiger partial charge is 0.410 e. The van der Waals surface area contributed by atoms with Gasteiger partial charge in [0.1, 0.15) is 11.4 Å². The Morgan fingerprint density at radius 1 is 1.20 bits per heavy atom. The number of rotatable bonds is 3. The van der Waals surface area contributed by atoms with E-state index in [0.717, 1.165) is 37.0 Å². The molecule has 4 heterocycles. The number of nitrogens with zero attached hydrogens (tertiary/aromatic N) is 5. The summed E-state index contributed by atoms with van der Waals surface area (Å²) in [5.74, 6) is 1.99. The van der Waals surface area contributed by atoms with Crippen molar-refractivity contribution in [3.8, 4) is 0 Å². The predicted octanol–water partition coefficient (Wildman–Crippen LogP) is 2.68. The standard InChI is InChI=1S/C21H32N6O2.HI/c1-21(2,3)29-20(28)26-10-11-27-17(15-26)14-24-19(27)23-13-16-6-7-18(22-12-16)25-8-4-5-9-25;/h6-7,12,17H,4-5,8-11,13-15H2,1-3H3,(H,23,24);1H. The van der Waals surface area contributed by atoms with Gasteiger partial charge in [0.05, 0.1) is 12.6 Å². The van der Waals surface area contributed by atoms with Crippen LogP contribution >= 0.6 is 24.0 Å². The molecule has 2 fully saturated rings. The molecule has 1 N–H and O–H groups in total. The lowest BCUT2D eigenvalue weighted by Gasteiger charge is -2.39. The van der Waals surface area contributed by atoms with E-state index < -0.39 is 5.60 Å². The van der Waals surface area contributed by atoms with Crippen LogP contribution in [0.4, 0.5) is 10.6 Å². The summed E-state index contributed by atoms with van der Waals surface area (Å²) in [6.45, 7) is 11.4. The molecule has 1 aromatic heterocycles. The van der Waals surface area contributed by atoms with Gasteiger partial charge in [0, 0.05) is 45.5 Å². The molecule has 0 bridgehead atoms. The van der Waals surface area contributed by atoms with E-state index in [9.17, 15) is 4.79 Å². The van der Waals surface area contributed by atoms with Crippen molar-refractivity contribution in [2.75, 3.05) is 44.2 Å². The van der Waals surface area contributed by atoms with Gasteiger partial charge in [-0.1, -0.05) is 6.07 Å². The topological polar surface area (TPSA) is 73.3 Å². The number of nitrogens with one attached hydrogen (secondary N) is 1. The van der Waals surface area contributed by atoms with Crippen molar-refractivity contribution in [2.45, 2.75) is 51.8 Å². The van der Waals surface area contributed by atoms with Gasteiger partial charge in [-0.2, -0.15) is 0 Å². The Balaban J connectivity index is 0.00000256. The molecule has 4 rings (SSSR count). The van der Waals surface area contributed by atoms with E-state index in [1.807, 2.05) is 27.0 Å². The monoisotopic (exact) mass is 528 g/mol. The van der Waals surface area contributed by atoms with Gasteiger partial charge in [0.15, 0.2) is 5.96 Å². The molecule has 1 unspecified atom stereocenters. The van der Waals surface area contributed by atoms with Crippen molar-refractivity contribution >= 4 is 41.8 Å². The summed E-state index contributed by atoms with van der Waals surface area (Å²) in [6.07, 6.45) is 4.23. The molecule has 3 aliphatic heterocycles. The van der Waals surface area contributed by atoms with Gasteiger partial charge in [-0.25, -0.2) is 9.78 Å². The average Bonchev–Trinajstić information content (AvgIpc) is 3.35. The number of carbonyl (C=O) groups excluding carboxylic acids is 1. The molecular weight excluding hydrogens is 495 g/mol. The predicted molar refractivity (Wildman–Crippen MR) is 129 cm³/mol. The third-order valence-electron chi connectivity index (χ3n) is 5.55. The summed E-state index contributed by atoms with van der Waals surface area (Å²) >= 11 is 0. The number of amides is 1. The molecular formula is C21H33IN6O2. The van der Waals surface area contributed by atoms with Crippen LogP contribution in [0.25, 0.3) is 0 Å². The largest absolute Gasteiger partial charge is 0.444 e. The molecule has 0 aromatic carbocycles. The molecule has 0 saturated carbocycles. The molecule has 0 spiro atoms. The van der Waals surface area contributed by atoms with Crippen LogP contribution in [0.1, 0.15) is 39.2 Å². The van der Waals surface area contributed by atoms with Crippen molar-refractivity contribution in [1.82, 2.24) is 20.1 Å². The second-order valence-corrected chi connectivity index (χ2v) is 9.01. The van der Waals surface area contributed by atoms with Gasteiger partial charge >= 0.3 is 6.09 Å². The van der Waals surface area contributed by atoms with Gasteiger partial charge in [0.2, 0.25) is 0 Å². The number of guanidine groups is 1. The number of halogens is 1. The van der Waals surface area contributed by atoms with Crippen molar-refractivity contribution < 1.29 is 9.53 Å². The molecule has 1 amide bonds. The zero-order valence-electron chi connectivity index (χ0n) is 18.1. The molecule has 166 valence electrons. The van der Waals surface area contributed by atoms with Gasteiger partial charge < -0.3 is 24.8 Å². The van der Waals surface area contributed by atoms with Crippen LogP contribution in [0.5, 0.6) is 0 Å². The van der Waals surface area contributed by atoms with E-state index in [1.165, 1.54) is 12.8 Å². The number of fused-ring (bicyclic) bond motifs is 1. The number of piperazine rings is 1. The fourth-order valence-corrected chi connectivity index (χ4v) is 4.06. The van der Waals surface area contributed by atoms with Crippen LogP contribution in [0.2, 0.25) is 0 Å². The number of ether oxygens (including phenoxy) is 1. The first-order valence-electron chi connectivity index (χ1n) is 10.6. The highest BCUT2D eigenvalue weighted by atomic mass is 127. The van der Waals surface area contributed by atoms with Gasteiger partial charge in [-0.15, -0.1) is 24.0 Å². The maximum atomic E-state index is 12.3. The summed E-state index contributed by atoms with van der Waals surface area (Å²) in [5.41, 5.74) is 0.678. The normalized spacial score (nSPS) is 21.1. The molecule has 30 heavy (non-hydrogen) atoms. The zero-order chi connectivity index (χ0) is 20.4. The van der Waals surface area contributed by atoms with Crippen LogP contribution in [0, 0.1) is 0 Å². The molecule has 2 saturated heterocycles. The number of carbonyl (C=O) groups is 1. The minimum atomic E-state index is -0.467. The molecule has 1 atom stereocenters. The average molecular weight is 528 g/mol. The Morgan fingerprint density at radius 3 is 2.63 bits per heavy atom. The van der Waals surface area contributed by atoms with Gasteiger partial charge in [-0.05, 0) is 45.2 Å². The van der Waals surface area contributed by atoms with Crippen LogP contribution in [0.3, 0.4) is 0 Å². The first kappa shape index (κ1) is 22.9. The Kier molecular flexibility index (Phi) is 7.30. The van der Waals surface area contributed by atoms with Crippen LogP contribution in [-0.2, 0) is 11.3 Å². The zero-order valence-corrected chi connectivity index (χ0v) is 20.5. The lowest BCUT2D eigenvalue weighted by molar-refractivity contribution is 0.0137. The van der Waals surface area contributed by atoms with Crippen LogP contribution in [-0.4, -0.2) is 77.7 Å². The van der Waals surface area contributed by atoms with E-state index in [1.54, 1.807) is 4.90 Å². The summed E-state index contributed by atoms with van der Waals surface area (Å²) in [5, 5.41) is 3.46. The minimum absolute atomic E-state index is 0. The van der Waals surface area contributed by atoms with E-state index in [2.05, 4.69) is 37.2 Å². The van der Waals surface area contributed by atoms with Crippen LogP contribution < -0.4 is 10.2 Å². The lowest BCUT2D eigenvalue weighted by atomic mass is 10.2. The SMILES string of the molecule is CC(C)(C)OC(=O)N1CCN2C(NCc3ccc(N4CCCC4)nc3)=NCC2C1.I. The molecule has 9 heteroatoms. The van der Waals surface area contributed by atoms with E-state index in [0.29, 0.717) is 26.2 Å². The maximum absolute atomic E-state index is 12.3. The fraction of sp³-hybridized carbons (Fsp3) is 0.667. The third-order valence-corrected chi connectivity index (χ3v) is 5.55. The second kappa shape index (κ2) is 9.57. The summed E-state index contributed by atoms with van der Waals surface area (Å²) < 4.78 is 5.51. The Morgan fingerprint density at radius 2 is 1.97 bits per heavy atom. The van der Waals surface area contributed by atoms with E-state index >= 15 is 0 Å². The van der Waals surface area contributed by atoms with Crippen LogP contribution in [0.15, 0.2) is 23.3 Å². The highest BCUT2D eigenvalue weighted by molar-refractivity contribution is 14.0. The molecule has 0 radical (unpaired) electrons. The lowest BCUT2D eigenvalue weighted by Crippen LogP contribution is -2.57. The minimum Gasteiger partial charge on any atom is -0.444 e. The van der Waals surface area contributed by atoms with Gasteiger partial charge in [-0.3, -0.25) is 4.99 Å². The van der Waals surface area contributed by atoms with Crippen molar-refractivity contribution in [3.63, 3.8) is 0 Å². The fourth-order valence-electron chi connectivity index (χ4n) is 4.06. The first-order chi connectivity index (χ1) is 13.9. The second-order valence-electron chi connectivity index (χ2n) is 9.01. The van der Waals surface area contributed by atoms with Crippen molar-refractivity contribution in [2.24, 2.45) is 4.99 Å². The number of aromatic nitrogens is 1. The molecule has 1 aromatic rings. The summed E-state index contributed by atoms with van der Waals surface area (Å²) in [7, 11) is 0. The molecule has 8 nitrogen and oxygen atoms in total. The van der Waals surface area contributed by atoms with Crippen molar-refractivity contribution in [3.05, 3.63) is 23.9 Å². The number of anilines is 1. The molecule has 3 aliphatic rings. The first-order valence-corrected chi connectivity index (χ1v) is 10.6. The maximum Gasteiger partial charge on any atom is 0.410 e. The Hall–Kier alpha value is -1.78. The van der Waals surface area contributed by atoms with E-state index in [4.69, 9.17) is 4.74 Å². The van der Waals surface area contributed by atoms with Gasteiger partial charge in [0.25, 0.3) is 0 Å².